The SMILES string of the molecule is COC1CN(C(=O)c2cc3c(s2)C2=C(C=CCC2C)N(C(=O)c2ccc(NC(=O)c4cccnc4N4CCCC4)cc2)CC3)C1. The van der Waals surface area contributed by atoms with E-state index in [2.05, 4.69) is 34.3 Å². The number of rotatable bonds is 6. The second kappa shape index (κ2) is 12.3. The zero-order valence-electron chi connectivity index (χ0n) is 25.6. The lowest BCUT2D eigenvalue weighted by atomic mass is 9.89. The number of hydrogen-bond acceptors (Lipinski definition) is 7. The van der Waals surface area contributed by atoms with Crippen molar-refractivity contribution < 1.29 is 19.1 Å². The Labute approximate surface area is 267 Å². The summed E-state index contributed by atoms with van der Waals surface area (Å²) in [6.45, 7) is 5.75. The second-order valence-electron chi connectivity index (χ2n) is 12.2. The number of amides is 3. The van der Waals surface area contributed by atoms with Crippen molar-refractivity contribution in [1.29, 1.82) is 0 Å². The summed E-state index contributed by atoms with van der Waals surface area (Å²) in [5, 5.41) is 2.99. The number of hydrogen-bond donors (Lipinski definition) is 1. The molecule has 3 aromatic rings. The Kier molecular flexibility index (Phi) is 8.01. The number of carbonyl (C=O) groups is 3. The highest BCUT2D eigenvalue weighted by Crippen LogP contribution is 2.43. The minimum Gasteiger partial charge on any atom is -0.378 e. The van der Waals surface area contributed by atoms with Crippen molar-refractivity contribution in [3.8, 4) is 0 Å². The molecule has 232 valence electrons. The van der Waals surface area contributed by atoms with Crippen LogP contribution in [0.15, 0.2) is 66.5 Å². The van der Waals surface area contributed by atoms with Crippen molar-refractivity contribution in [3.63, 3.8) is 0 Å². The van der Waals surface area contributed by atoms with Gasteiger partial charge < -0.3 is 24.8 Å². The molecule has 4 aliphatic rings. The number of carbonyl (C=O) groups excluding carboxylic acids is 3. The molecule has 0 spiro atoms. The Bertz CT molecular complexity index is 1700. The number of ether oxygens (including phenoxy) is 1. The van der Waals surface area contributed by atoms with E-state index in [0.29, 0.717) is 48.7 Å². The predicted molar refractivity (Wildman–Crippen MR) is 176 cm³/mol. The number of anilines is 2. The molecule has 5 heterocycles. The van der Waals surface area contributed by atoms with Gasteiger partial charge in [-0.3, -0.25) is 14.4 Å². The maximum atomic E-state index is 14.0. The Morgan fingerprint density at radius 3 is 2.56 bits per heavy atom. The molecule has 7 rings (SSSR count). The third kappa shape index (κ3) is 5.57. The van der Waals surface area contributed by atoms with Gasteiger partial charge in [-0.1, -0.05) is 13.0 Å². The van der Waals surface area contributed by atoms with Gasteiger partial charge in [-0.25, -0.2) is 4.98 Å². The molecule has 45 heavy (non-hydrogen) atoms. The lowest BCUT2D eigenvalue weighted by Gasteiger charge is -2.37. The molecule has 2 fully saturated rings. The summed E-state index contributed by atoms with van der Waals surface area (Å²) in [6, 6.07) is 12.7. The monoisotopic (exact) mass is 623 g/mol. The molecule has 9 nitrogen and oxygen atoms in total. The predicted octanol–water partition coefficient (Wildman–Crippen LogP) is 5.47. The standard InChI is InChI=1S/C35H37N5O4S/c1-22-7-5-9-28-30(22)31-24(19-29(45-31)35(43)39-20-26(21-39)44-2)14-18-40(28)34(42)23-10-12-25(13-11-23)37-33(41)27-8-6-15-36-32(27)38-16-3-4-17-38/h5-6,8-13,15,19,22,26H,3-4,7,14,16-18,20-21H2,1-2H3,(H,37,41). The van der Waals surface area contributed by atoms with Gasteiger partial charge in [-0.05, 0) is 91.3 Å². The third-order valence-electron chi connectivity index (χ3n) is 9.23. The first-order valence-corrected chi connectivity index (χ1v) is 16.5. The van der Waals surface area contributed by atoms with Gasteiger partial charge in [0.25, 0.3) is 17.7 Å². The maximum absolute atomic E-state index is 14.0. The average Bonchev–Trinajstić information content (AvgIpc) is 3.69. The highest BCUT2D eigenvalue weighted by Gasteiger charge is 2.35. The molecule has 1 aromatic carbocycles. The first-order chi connectivity index (χ1) is 21.9. The quantitative estimate of drug-likeness (QED) is 0.391. The summed E-state index contributed by atoms with van der Waals surface area (Å²) in [6.07, 6.45) is 9.77. The number of nitrogens with one attached hydrogen (secondary N) is 1. The van der Waals surface area contributed by atoms with Crippen LogP contribution in [0.2, 0.25) is 0 Å². The fourth-order valence-electron chi connectivity index (χ4n) is 6.65. The minimum absolute atomic E-state index is 0.0541. The van der Waals surface area contributed by atoms with E-state index >= 15 is 0 Å². The van der Waals surface area contributed by atoms with E-state index in [-0.39, 0.29) is 29.7 Å². The van der Waals surface area contributed by atoms with Crippen LogP contribution in [0.25, 0.3) is 5.57 Å². The average molecular weight is 624 g/mol. The fraction of sp³-hybridized carbons (Fsp3) is 0.371. The molecule has 1 aliphatic carbocycles. The van der Waals surface area contributed by atoms with Crippen molar-refractivity contribution in [2.24, 2.45) is 5.92 Å². The van der Waals surface area contributed by atoms with Gasteiger partial charge in [0.15, 0.2) is 0 Å². The van der Waals surface area contributed by atoms with E-state index in [1.807, 2.05) is 15.9 Å². The van der Waals surface area contributed by atoms with Gasteiger partial charge in [0.05, 0.1) is 16.5 Å². The van der Waals surface area contributed by atoms with Gasteiger partial charge in [-0.15, -0.1) is 11.3 Å². The highest BCUT2D eigenvalue weighted by atomic mass is 32.1. The van der Waals surface area contributed by atoms with E-state index in [0.717, 1.165) is 58.9 Å². The maximum Gasteiger partial charge on any atom is 0.264 e. The smallest absolute Gasteiger partial charge is 0.264 e. The highest BCUT2D eigenvalue weighted by molar-refractivity contribution is 7.15. The van der Waals surface area contributed by atoms with Crippen LogP contribution in [0.5, 0.6) is 0 Å². The molecular formula is C35H37N5O4S. The van der Waals surface area contributed by atoms with E-state index in [4.69, 9.17) is 4.74 Å². The number of thiophene rings is 1. The van der Waals surface area contributed by atoms with Gasteiger partial charge in [0.1, 0.15) is 5.82 Å². The molecule has 1 atom stereocenters. The van der Waals surface area contributed by atoms with Crippen molar-refractivity contribution in [1.82, 2.24) is 14.8 Å². The number of aromatic nitrogens is 1. The van der Waals surface area contributed by atoms with Crippen LogP contribution in [0.1, 0.15) is 67.0 Å². The van der Waals surface area contributed by atoms with Gasteiger partial charge >= 0.3 is 0 Å². The number of pyridine rings is 1. The second-order valence-corrected chi connectivity index (χ2v) is 13.2. The normalized spacial score (nSPS) is 19.6. The molecule has 0 bridgehead atoms. The lowest BCUT2D eigenvalue weighted by Crippen LogP contribution is -2.54. The number of fused-ring (bicyclic) bond motifs is 2. The summed E-state index contributed by atoms with van der Waals surface area (Å²) >= 11 is 1.55. The first-order valence-electron chi connectivity index (χ1n) is 15.7. The van der Waals surface area contributed by atoms with Crippen LogP contribution >= 0.6 is 11.3 Å². The Morgan fingerprint density at radius 1 is 1.02 bits per heavy atom. The molecule has 3 amide bonds. The number of likely N-dealkylation sites (tertiary alicyclic amines) is 1. The zero-order valence-corrected chi connectivity index (χ0v) is 26.4. The van der Waals surface area contributed by atoms with Crippen molar-refractivity contribution in [3.05, 3.63) is 93.0 Å². The summed E-state index contributed by atoms with van der Waals surface area (Å²) in [7, 11) is 1.68. The topological polar surface area (TPSA) is 95.1 Å². The van der Waals surface area contributed by atoms with Gasteiger partial charge in [0, 0.05) is 67.9 Å². The Balaban J connectivity index is 1.10. The van der Waals surface area contributed by atoms with Gasteiger partial charge in [-0.2, -0.15) is 0 Å². The Hall–Kier alpha value is -4.28. The molecule has 2 saturated heterocycles. The van der Waals surface area contributed by atoms with Crippen molar-refractivity contribution in [2.75, 3.05) is 50.1 Å². The van der Waals surface area contributed by atoms with Crippen LogP contribution in [0, 0.1) is 5.92 Å². The van der Waals surface area contributed by atoms with E-state index < -0.39 is 0 Å². The van der Waals surface area contributed by atoms with Gasteiger partial charge in [0.2, 0.25) is 0 Å². The molecule has 0 radical (unpaired) electrons. The molecular weight excluding hydrogens is 586 g/mol. The number of nitrogens with zero attached hydrogens (tertiary/aromatic N) is 4. The molecule has 0 saturated carbocycles. The van der Waals surface area contributed by atoms with Crippen molar-refractivity contribution >= 4 is 46.1 Å². The zero-order chi connectivity index (χ0) is 31.1. The largest absolute Gasteiger partial charge is 0.378 e. The fourth-order valence-corrected chi connectivity index (χ4v) is 7.99. The molecule has 10 heteroatoms. The third-order valence-corrected chi connectivity index (χ3v) is 10.4. The van der Waals surface area contributed by atoms with Crippen LogP contribution in [0.4, 0.5) is 11.5 Å². The number of benzene rings is 1. The summed E-state index contributed by atoms with van der Waals surface area (Å²) < 4.78 is 5.35. The molecule has 1 unspecified atom stereocenters. The molecule has 3 aliphatic heterocycles. The van der Waals surface area contributed by atoms with Crippen LogP contribution < -0.4 is 10.2 Å². The lowest BCUT2D eigenvalue weighted by molar-refractivity contribution is -0.0189. The molecule has 1 N–H and O–H groups in total. The first kappa shape index (κ1) is 29.4. The Morgan fingerprint density at radius 2 is 1.80 bits per heavy atom. The number of methoxy groups -OCH3 is 1. The summed E-state index contributed by atoms with van der Waals surface area (Å²) in [4.78, 5) is 52.6. The van der Waals surface area contributed by atoms with E-state index in [1.54, 1.807) is 61.0 Å². The van der Waals surface area contributed by atoms with E-state index in [1.165, 1.54) is 0 Å². The minimum atomic E-state index is -0.218. The summed E-state index contributed by atoms with van der Waals surface area (Å²) in [5.41, 5.74) is 4.88. The van der Waals surface area contributed by atoms with E-state index in [9.17, 15) is 14.4 Å². The summed E-state index contributed by atoms with van der Waals surface area (Å²) in [5.74, 6) is 0.684. The van der Waals surface area contributed by atoms with Crippen LogP contribution in [-0.2, 0) is 11.2 Å². The van der Waals surface area contributed by atoms with Crippen LogP contribution in [-0.4, -0.2) is 78.4 Å². The van der Waals surface area contributed by atoms with Crippen LogP contribution in [0.3, 0.4) is 0 Å². The van der Waals surface area contributed by atoms with Crippen molar-refractivity contribution in [2.45, 2.75) is 38.7 Å². The molecule has 2 aromatic heterocycles. The number of allylic oxidation sites excluding steroid dienone is 3.